The summed E-state index contributed by atoms with van der Waals surface area (Å²) in [5, 5.41) is 9.29. The van der Waals surface area contributed by atoms with Gasteiger partial charge in [-0.1, -0.05) is 25.1 Å². The molecule has 2 unspecified atom stereocenters. The van der Waals surface area contributed by atoms with E-state index < -0.39 is 11.4 Å². The summed E-state index contributed by atoms with van der Waals surface area (Å²) >= 11 is 0. The number of para-hydroxylation sites is 1. The van der Waals surface area contributed by atoms with Crippen molar-refractivity contribution < 1.29 is 14.6 Å². The van der Waals surface area contributed by atoms with Gasteiger partial charge in [0, 0.05) is 5.56 Å². The highest BCUT2D eigenvalue weighted by molar-refractivity contribution is 5.86. The van der Waals surface area contributed by atoms with Gasteiger partial charge in [-0.2, -0.15) is 0 Å². The standard InChI is InChI=1S/C12H14O3/c1-8-7-12(8,11(13)14)9-5-3-4-6-10(9)15-2/h3-6,8H,7H2,1-2H3,(H,13,14). The lowest BCUT2D eigenvalue weighted by molar-refractivity contribution is -0.140. The zero-order valence-corrected chi connectivity index (χ0v) is 8.86. The first-order chi connectivity index (χ1) is 7.13. The van der Waals surface area contributed by atoms with E-state index in [1.54, 1.807) is 7.11 Å². The summed E-state index contributed by atoms with van der Waals surface area (Å²) in [5.74, 6) is 0.107. The van der Waals surface area contributed by atoms with Crippen molar-refractivity contribution in [3.8, 4) is 5.75 Å². The number of carboxylic acid groups (broad SMARTS) is 1. The van der Waals surface area contributed by atoms with E-state index in [-0.39, 0.29) is 5.92 Å². The van der Waals surface area contributed by atoms with Gasteiger partial charge in [-0.15, -0.1) is 0 Å². The van der Waals surface area contributed by atoms with E-state index in [1.807, 2.05) is 31.2 Å². The smallest absolute Gasteiger partial charge is 0.314 e. The van der Waals surface area contributed by atoms with Crippen LogP contribution in [0.15, 0.2) is 24.3 Å². The Labute approximate surface area is 88.7 Å². The van der Waals surface area contributed by atoms with Crippen molar-refractivity contribution in [1.82, 2.24) is 0 Å². The molecule has 1 fully saturated rings. The van der Waals surface area contributed by atoms with Crippen molar-refractivity contribution in [1.29, 1.82) is 0 Å². The number of ether oxygens (including phenoxy) is 1. The average Bonchev–Trinajstić information content (AvgIpc) is 2.91. The quantitative estimate of drug-likeness (QED) is 0.823. The average molecular weight is 206 g/mol. The van der Waals surface area contributed by atoms with Crippen LogP contribution in [-0.2, 0) is 10.2 Å². The molecule has 0 spiro atoms. The largest absolute Gasteiger partial charge is 0.496 e. The van der Waals surface area contributed by atoms with Crippen LogP contribution < -0.4 is 4.74 Å². The van der Waals surface area contributed by atoms with Crippen molar-refractivity contribution in [2.75, 3.05) is 7.11 Å². The highest BCUT2D eigenvalue weighted by Gasteiger charge is 2.60. The third-order valence-corrected chi connectivity index (χ3v) is 3.28. The topological polar surface area (TPSA) is 46.5 Å². The van der Waals surface area contributed by atoms with Crippen LogP contribution in [0.2, 0.25) is 0 Å². The van der Waals surface area contributed by atoms with Crippen molar-refractivity contribution >= 4 is 5.97 Å². The fourth-order valence-electron chi connectivity index (χ4n) is 2.23. The molecule has 0 aromatic heterocycles. The molecule has 0 bridgehead atoms. The molecule has 3 nitrogen and oxygen atoms in total. The molecule has 3 heteroatoms. The molecule has 1 aliphatic rings. The van der Waals surface area contributed by atoms with Gasteiger partial charge in [-0.3, -0.25) is 4.79 Å². The maximum atomic E-state index is 11.3. The van der Waals surface area contributed by atoms with E-state index >= 15 is 0 Å². The summed E-state index contributed by atoms with van der Waals surface area (Å²) in [5.41, 5.74) is 0.0829. The number of aliphatic carboxylic acids is 1. The van der Waals surface area contributed by atoms with Crippen LogP contribution in [0.4, 0.5) is 0 Å². The minimum Gasteiger partial charge on any atom is -0.496 e. The number of methoxy groups -OCH3 is 1. The number of hydrogen-bond acceptors (Lipinski definition) is 2. The molecule has 0 amide bonds. The number of carbonyl (C=O) groups is 1. The number of hydrogen-bond donors (Lipinski definition) is 1. The number of benzene rings is 1. The van der Waals surface area contributed by atoms with Gasteiger partial charge in [0.2, 0.25) is 0 Å². The second kappa shape index (κ2) is 3.26. The first kappa shape index (κ1) is 10.0. The molecular formula is C12H14O3. The Hall–Kier alpha value is -1.51. The zero-order valence-electron chi connectivity index (χ0n) is 8.86. The minimum atomic E-state index is -0.750. The van der Waals surface area contributed by atoms with Crippen LogP contribution in [0.5, 0.6) is 5.75 Å². The lowest BCUT2D eigenvalue weighted by atomic mass is 9.93. The van der Waals surface area contributed by atoms with Gasteiger partial charge in [0.1, 0.15) is 5.75 Å². The van der Waals surface area contributed by atoms with Crippen LogP contribution in [-0.4, -0.2) is 18.2 Å². The Kier molecular flexibility index (Phi) is 2.18. The van der Waals surface area contributed by atoms with E-state index in [9.17, 15) is 9.90 Å². The first-order valence-electron chi connectivity index (χ1n) is 5.00. The van der Waals surface area contributed by atoms with Crippen molar-refractivity contribution in [3.05, 3.63) is 29.8 Å². The summed E-state index contributed by atoms with van der Waals surface area (Å²) in [6, 6.07) is 7.36. The van der Waals surface area contributed by atoms with Crippen LogP contribution in [0.3, 0.4) is 0 Å². The Morgan fingerprint density at radius 1 is 1.53 bits per heavy atom. The minimum absolute atomic E-state index is 0.186. The molecule has 0 aliphatic heterocycles. The van der Waals surface area contributed by atoms with Gasteiger partial charge in [0.15, 0.2) is 0 Å². The van der Waals surface area contributed by atoms with Gasteiger partial charge in [0.05, 0.1) is 12.5 Å². The highest BCUT2D eigenvalue weighted by Crippen LogP contribution is 2.56. The molecule has 80 valence electrons. The van der Waals surface area contributed by atoms with Gasteiger partial charge >= 0.3 is 5.97 Å². The maximum absolute atomic E-state index is 11.3. The van der Waals surface area contributed by atoms with Crippen molar-refractivity contribution in [2.45, 2.75) is 18.8 Å². The molecule has 1 aromatic carbocycles. The van der Waals surface area contributed by atoms with E-state index in [2.05, 4.69) is 0 Å². The van der Waals surface area contributed by atoms with Crippen molar-refractivity contribution in [2.24, 2.45) is 5.92 Å². The molecular weight excluding hydrogens is 192 g/mol. The molecule has 0 heterocycles. The van der Waals surface area contributed by atoms with Gasteiger partial charge in [-0.05, 0) is 18.4 Å². The van der Waals surface area contributed by atoms with Crippen LogP contribution in [0.25, 0.3) is 0 Å². The first-order valence-corrected chi connectivity index (χ1v) is 5.00. The van der Waals surface area contributed by atoms with Crippen molar-refractivity contribution in [3.63, 3.8) is 0 Å². The maximum Gasteiger partial charge on any atom is 0.314 e. The molecule has 15 heavy (non-hydrogen) atoms. The second-order valence-electron chi connectivity index (χ2n) is 4.08. The number of carboxylic acids is 1. The van der Waals surface area contributed by atoms with E-state index in [1.165, 1.54) is 0 Å². The lowest BCUT2D eigenvalue weighted by Crippen LogP contribution is -2.22. The highest BCUT2D eigenvalue weighted by atomic mass is 16.5. The summed E-state index contributed by atoms with van der Waals surface area (Å²) < 4.78 is 5.21. The molecule has 2 rings (SSSR count). The molecule has 1 N–H and O–H groups in total. The van der Waals surface area contributed by atoms with Gasteiger partial charge < -0.3 is 9.84 Å². The number of rotatable bonds is 3. The molecule has 0 saturated heterocycles. The molecule has 0 radical (unpaired) electrons. The lowest BCUT2D eigenvalue weighted by Gasteiger charge is -2.15. The van der Waals surface area contributed by atoms with E-state index in [0.717, 1.165) is 5.56 Å². The van der Waals surface area contributed by atoms with Gasteiger partial charge in [0.25, 0.3) is 0 Å². The predicted octanol–water partition coefficient (Wildman–Crippen LogP) is 2.06. The van der Waals surface area contributed by atoms with Crippen LogP contribution >= 0.6 is 0 Å². The Balaban J connectivity index is 2.49. The van der Waals surface area contributed by atoms with Crippen LogP contribution in [0.1, 0.15) is 18.9 Å². The molecule has 1 aliphatic carbocycles. The third-order valence-electron chi connectivity index (χ3n) is 3.28. The monoisotopic (exact) mass is 206 g/mol. The Morgan fingerprint density at radius 2 is 2.13 bits per heavy atom. The summed E-state index contributed by atoms with van der Waals surface area (Å²) in [6.07, 6.45) is 0.697. The molecule has 1 aromatic rings. The van der Waals surface area contributed by atoms with E-state index in [4.69, 9.17) is 4.74 Å². The molecule has 1 saturated carbocycles. The molecule has 2 atom stereocenters. The predicted molar refractivity (Wildman–Crippen MR) is 56.1 cm³/mol. The zero-order chi connectivity index (χ0) is 11.1. The third kappa shape index (κ3) is 1.30. The Morgan fingerprint density at radius 3 is 2.60 bits per heavy atom. The second-order valence-corrected chi connectivity index (χ2v) is 4.08. The summed E-state index contributed by atoms with van der Waals surface area (Å²) in [7, 11) is 1.57. The summed E-state index contributed by atoms with van der Waals surface area (Å²) in [6.45, 7) is 1.96. The Bertz CT molecular complexity index is 400. The fraction of sp³-hybridized carbons (Fsp3) is 0.417. The fourth-order valence-corrected chi connectivity index (χ4v) is 2.23. The summed E-state index contributed by atoms with van der Waals surface area (Å²) in [4.78, 5) is 11.3. The SMILES string of the molecule is COc1ccccc1C1(C(=O)O)CC1C. The van der Waals surface area contributed by atoms with Gasteiger partial charge in [-0.25, -0.2) is 0 Å². The van der Waals surface area contributed by atoms with E-state index in [0.29, 0.717) is 12.2 Å². The normalized spacial score (nSPS) is 28.5. The van der Waals surface area contributed by atoms with Crippen LogP contribution in [0, 0.1) is 5.92 Å².